The standard InChI is InChI=1S/C11H12O5/c1-2-11(13)16-8-14-7-15-10-5-3-9(12)4-6-10/h2-6,12H,1,7-8H2. The van der Waals surface area contributed by atoms with E-state index in [9.17, 15) is 4.79 Å². The molecule has 0 saturated carbocycles. The predicted octanol–water partition coefficient (Wildman–Crippen LogP) is 1.43. The van der Waals surface area contributed by atoms with Crippen LogP contribution >= 0.6 is 0 Å². The van der Waals surface area contributed by atoms with Crippen LogP contribution in [0.2, 0.25) is 0 Å². The minimum atomic E-state index is -0.551. The molecule has 0 spiro atoms. The Kier molecular flexibility index (Phi) is 4.88. The molecule has 1 aromatic carbocycles. The van der Waals surface area contributed by atoms with Gasteiger partial charge in [-0.15, -0.1) is 0 Å². The maximum absolute atomic E-state index is 10.6. The van der Waals surface area contributed by atoms with Crippen LogP contribution in [-0.4, -0.2) is 24.7 Å². The van der Waals surface area contributed by atoms with Crippen LogP contribution in [0.3, 0.4) is 0 Å². The van der Waals surface area contributed by atoms with Crippen molar-refractivity contribution in [1.29, 1.82) is 0 Å². The molecule has 86 valence electrons. The van der Waals surface area contributed by atoms with Gasteiger partial charge >= 0.3 is 5.97 Å². The van der Waals surface area contributed by atoms with Crippen LogP contribution in [0.4, 0.5) is 0 Å². The monoisotopic (exact) mass is 224 g/mol. The van der Waals surface area contributed by atoms with E-state index in [2.05, 4.69) is 11.3 Å². The van der Waals surface area contributed by atoms with Gasteiger partial charge in [-0.3, -0.25) is 0 Å². The number of esters is 1. The largest absolute Gasteiger partial charge is 0.508 e. The number of ether oxygens (including phenoxy) is 3. The van der Waals surface area contributed by atoms with Gasteiger partial charge in [0.05, 0.1) is 0 Å². The third kappa shape index (κ3) is 4.47. The van der Waals surface area contributed by atoms with E-state index >= 15 is 0 Å². The zero-order valence-corrected chi connectivity index (χ0v) is 8.59. The van der Waals surface area contributed by atoms with Crippen molar-refractivity contribution >= 4 is 5.97 Å². The van der Waals surface area contributed by atoms with Gasteiger partial charge in [-0.1, -0.05) is 6.58 Å². The summed E-state index contributed by atoms with van der Waals surface area (Å²) in [6, 6.07) is 6.17. The molecule has 0 aliphatic heterocycles. The number of carbonyl (C=O) groups excluding carboxylic acids is 1. The molecule has 1 rings (SSSR count). The molecule has 0 heterocycles. The average molecular weight is 224 g/mol. The van der Waals surface area contributed by atoms with Crippen molar-refractivity contribution in [3.05, 3.63) is 36.9 Å². The Bertz CT molecular complexity index is 344. The van der Waals surface area contributed by atoms with Gasteiger partial charge < -0.3 is 19.3 Å². The van der Waals surface area contributed by atoms with E-state index in [1.54, 1.807) is 12.1 Å². The lowest BCUT2D eigenvalue weighted by Gasteiger charge is -2.06. The summed E-state index contributed by atoms with van der Waals surface area (Å²) in [7, 11) is 0. The fourth-order valence-corrected chi connectivity index (χ4v) is 0.845. The molecule has 1 aromatic rings. The SMILES string of the molecule is C=CC(=O)OCOCOc1ccc(O)cc1. The molecular formula is C11H12O5. The van der Waals surface area contributed by atoms with E-state index in [4.69, 9.17) is 14.6 Å². The van der Waals surface area contributed by atoms with Gasteiger partial charge in [-0.25, -0.2) is 4.79 Å². The van der Waals surface area contributed by atoms with Gasteiger partial charge in [0.25, 0.3) is 0 Å². The lowest BCUT2D eigenvalue weighted by molar-refractivity contribution is -0.155. The number of aromatic hydroxyl groups is 1. The van der Waals surface area contributed by atoms with E-state index in [-0.39, 0.29) is 19.3 Å². The Labute approximate surface area is 92.9 Å². The third-order valence-electron chi connectivity index (χ3n) is 1.60. The Hall–Kier alpha value is -2.01. The van der Waals surface area contributed by atoms with Crippen molar-refractivity contribution in [2.45, 2.75) is 0 Å². The molecule has 0 saturated heterocycles. The second kappa shape index (κ2) is 6.47. The third-order valence-corrected chi connectivity index (χ3v) is 1.60. The van der Waals surface area contributed by atoms with E-state index in [0.717, 1.165) is 6.08 Å². The Morgan fingerprint density at radius 1 is 1.31 bits per heavy atom. The highest BCUT2D eigenvalue weighted by Crippen LogP contribution is 2.15. The van der Waals surface area contributed by atoms with Gasteiger partial charge in [0.15, 0.2) is 13.6 Å². The highest BCUT2D eigenvalue weighted by atomic mass is 16.7. The van der Waals surface area contributed by atoms with Crippen molar-refractivity contribution in [1.82, 2.24) is 0 Å². The molecule has 0 bridgehead atoms. The summed E-state index contributed by atoms with van der Waals surface area (Å²) in [5, 5.41) is 9.00. The topological polar surface area (TPSA) is 65.0 Å². The van der Waals surface area contributed by atoms with E-state index in [0.29, 0.717) is 5.75 Å². The van der Waals surface area contributed by atoms with Crippen LogP contribution in [0.5, 0.6) is 11.5 Å². The van der Waals surface area contributed by atoms with Crippen LogP contribution in [0.15, 0.2) is 36.9 Å². The van der Waals surface area contributed by atoms with Gasteiger partial charge in [-0.05, 0) is 24.3 Å². The van der Waals surface area contributed by atoms with Gasteiger partial charge in [-0.2, -0.15) is 0 Å². The van der Waals surface area contributed by atoms with Crippen LogP contribution < -0.4 is 4.74 Å². The lowest BCUT2D eigenvalue weighted by Crippen LogP contribution is -2.09. The second-order valence-electron chi connectivity index (χ2n) is 2.75. The van der Waals surface area contributed by atoms with E-state index in [1.165, 1.54) is 12.1 Å². The van der Waals surface area contributed by atoms with E-state index < -0.39 is 5.97 Å². The predicted molar refractivity (Wildman–Crippen MR) is 55.8 cm³/mol. The Morgan fingerprint density at radius 3 is 2.62 bits per heavy atom. The number of carbonyl (C=O) groups is 1. The summed E-state index contributed by atoms with van der Waals surface area (Å²) < 4.78 is 14.5. The lowest BCUT2D eigenvalue weighted by atomic mass is 10.3. The van der Waals surface area contributed by atoms with Crippen LogP contribution in [0.25, 0.3) is 0 Å². The normalized spacial score (nSPS) is 9.50. The van der Waals surface area contributed by atoms with Gasteiger partial charge in [0.2, 0.25) is 0 Å². The van der Waals surface area contributed by atoms with Gasteiger partial charge in [0.1, 0.15) is 11.5 Å². The van der Waals surface area contributed by atoms with Crippen LogP contribution in [-0.2, 0) is 14.3 Å². The quantitative estimate of drug-likeness (QED) is 0.343. The first kappa shape index (κ1) is 12.1. The number of phenols is 1. The molecular weight excluding hydrogens is 212 g/mol. The van der Waals surface area contributed by atoms with Crippen LogP contribution in [0.1, 0.15) is 0 Å². The molecule has 0 atom stereocenters. The van der Waals surface area contributed by atoms with Crippen molar-refractivity contribution in [2.24, 2.45) is 0 Å². The highest BCUT2D eigenvalue weighted by Gasteiger charge is 1.96. The van der Waals surface area contributed by atoms with Crippen molar-refractivity contribution < 1.29 is 24.1 Å². The molecule has 0 aliphatic rings. The Balaban J connectivity index is 2.14. The smallest absolute Gasteiger partial charge is 0.332 e. The fraction of sp³-hybridized carbons (Fsp3) is 0.182. The second-order valence-corrected chi connectivity index (χ2v) is 2.75. The summed E-state index contributed by atoms with van der Waals surface area (Å²) in [5.41, 5.74) is 0. The van der Waals surface area contributed by atoms with Crippen molar-refractivity contribution in [3.8, 4) is 11.5 Å². The average Bonchev–Trinajstić information content (AvgIpc) is 2.31. The molecule has 0 amide bonds. The molecule has 0 aromatic heterocycles. The number of hydrogen-bond donors (Lipinski definition) is 1. The number of hydrogen-bond acceptors (Lipinski definition) is 5. The van der Waals surface area contributed by atoms with E-state index in [1.807, 2.05) is 0 Å². The zero-order chi connectivity index (χ0) is 11.8. The maximum atomic E-state index is 10.6. The molecule has 0 aliphatic carbocycles. The summed E-state index contributed by atoms with van der Waals surface area (Å²) in [6.07, 6.45) is 1.05. The zero-order valence-electron chi connectivity index (χ0n) is 8.59. The molecule has 0 fully saturated rings. The van der Waals surface area contributed by atoms with Crippen LogP contribution in [0, 0.1) is 0 Å². The first-order chi connectivity index (χ1) is 7.72. The maximum Gasteiger partial charge on any atom is 0.332 e. The first-order valence-electron chi connectivity index (χ1n) is 4.51. The molecule has 1 N–H and O–H groups in total. The summed E-state index contributed by atoms with van der Waals surface area (Å²) in [6.45, 7) is 2.99. The fourth-order valence-electron chi connectivity index (χ4n) is 0.845. The number of phenolic OH excluding ortho intramolecular Hbond substituents is 1. The summed E-state index contributed by atoms with van der Waals surface area (Å²) in [4.78, 5) is 10.6. The summed E-state index contributed by atoms with van der Waals surface area (Å²) >= 11 is 0. The first-order valence-corrected chi connectivity index (χ1v) is 4.51. The molecule has 16 heavy (non-hydrogen) atoms. The Morgan fingerprint density at radius 2 is 2.00 bits per heavy atom. The molecule has 5 heteroatoms. The summed E-state index contributed by atoms with van der Waals surface area (Å²) in [5.74, 6) is 0.158. The number of rotatable bonds is 6. The van der Waals surface area contributed by atoms with Crippen molar-refractivity contribution in [3.63, 3.8) is 0 Å². The van der Waals surface area contributed by atoms with Gasteiger partial charge in [0, 0.05) is 6.08 Å². The molecule has 0 unspecified atom stereocenters. The minimum absolute atomic E-state index is 0.0464. The van der Waals surface area contributed by atoms with Crippen molar-refractivity contribution in [2.75, 3.05) is 13.6 Å². The minimum Gasteiger partial charge on any atom is -0.508 e. The molecule has 5 nitrogen and oxygen atoms in total. The highest BCUT2D eigenvalue weighted by molar-refractivity contribution is 5.81. The number of benzene rings is 1. The molecule has 0 radical (unpaired) electrons.